The fourth-order valence-electron chi connectivity index (χ4n) is 2.36. The highest BCUT2D eigenvalue weighted by atomic mass is 35.5. The number of hydrogen-bond acceptors (Lipinski definition) is 2. The summed E-state index contributed by atoms with van der Waals surface area (Å²) in [6.07, 6.45) is -0.662. The molecule has 0 aliphatic rings. The van der Waals surface area contributed by atoms with Crippen LogP contribution in [0.25, 0.3) is 10.8 Å². The Balaban J connectivity index is 1.75. The molecule has 1 amide bonds. The minimum Gasteiger partial charge on any atom is -0.480 e. The van der Waals surface area contributed by atoms with Crippen molar-refractivity contribution in [3.63, 3.8) is 0 Å². The first-order chi connectivity index (χ1) is 11.5. The molecule has 0 unspecified atom stereocenters. The molecule has 0 aromatic heterocycles. The second kappa shape index (κ2) is 7.12. The molecule has 0 bridgehead atoms. The molecule has 3 nitrogen and oxygen atoms in total. The van der Waals surface area contributed by atoms with E-state index in [4.69, 9.17) is 27.9 Å². The van der Waals surface area contributed by atoms with Crippen LogP contribution in [-0.4, -0.2) is 12.0 Å². The van der Waals surface area contributed by atoms with Crippen LogP contribution < -0.4 is 10.1 Å². The quantitative estimate of drug-likeness (QED) is 0.662. The number of hydrogen-bond donors (Lipinski definition) is 1. The maximum Gasteiger partial charge on any atom is 0.265 e. The number of fused-ring (bicyclic) bond motifs is 1. The van der Waals surface area contributed by atoms with Crippen molar-refractivity contribution in [2.75, 3.05) is 5.32 Å². The van der Waals surface area contributed by atoms with Gasteiger partial charge in [0.2, 0.25) is 0 Å². The molecule has 5 heteroatoms. The van der Waals surface area contributed by atoms with Gasteiger partial charge in [0, 0.05) is 11.1 Å². The van der Waals surface area contributed by atoms with E-state index < -0.39 is 6.10 Å². The van der Waals surface area contributed by atoms with Gasteiger partial charge >= 0.3 is 0 Å². The summed E-state index contributed by atoms with van der Waals surface area (Å²) in [7, 11) is 0. The molecule has 3 rings (SSSR count). The molecular weight excluding hydrogens is 345 g/mol. The van der Waals surface area contributed by atoms with E-state index in [0.29, 0.717) is 21.5 Å². The molecule has 0 heterocycles. The maximum atomic E-state index is 12.3. The van der Waals surface area contributed by atoms with E-state index in [-0.39, 0.29) is 5.91 Å². The van der Waals surface area contributed by atoms with E-state index >= 15 is 0 Å². The molecule has 0 radical (unpaired) electrons. The Hall–Kier alpha value is -2.23. The van der Waals surface area contributed by atoms with Crippen molar-refractivity contribution in [1.29, 1.82) is 0 Å². The number of halogens is 2. The molecule has 0 spiro atoms. The first-order valence-corrected chi connectivity index (χ1v) is 8.20. The van der Waals surface area contributed by atoms with Crippen LogP contribution in [0.4, 0.5) is 5.69 Å². The molecule has 3 aromatic carbocycles. The van der Waals surface area contributed by atoms with Gasteiger partial charge in [-0.2, -0.15) is 0 Å². The number of anilines is 1. The third-order valence-electron chi connectivity index (χ3n) is 3.61. The molecule has 24 heavy (non-hydrogen) atoms. The van der Waals surface area contributed by atoms with Gasteiger partial charge in [-0.05, 0) is 36.6 Å². The Kier molecular flexibility index (Phi) is 4.93. The van der Waals surface area contributed by atoms with Crippen LogP contribution in [0.1, 0.15) is 6.92 Å². The van der Waals surface area contributed by atoms with Crippen molar-refractivity contribution in [2.24, 2.45) is 0 Å². The zero-order valence-electron chi connectivity index (χ0n) is 12.9. The average molecular weight is 360 g/mol. The second-order valence-electron chi connectivity index (χ2n) is 5.36. The molecule has 122 valence electrons. The van der Waals surface area contributed by atoms with Gasteiger partial charge in [0.15, 0.2) is 6.10 Å². The number of rotatable bonds is 4. The highest BCUT2D eigenvalue weighted by molar-refractivity contribution is 6.42. The van der Waals surface area contributed by atoms with Crippen molar-refractivity contribution in [1.82, 2.24) is 0 Å². The van der Waals surface area contributed by atoms with E-state index in [1.807, 2.05) is 42.5 Å². The summed E-state index contributed by atoms with van der Waals surface area (Å²) in [6, 6.07) is 18.6. The molecule has 0 aliphatic carbocycles. The molecular formula is C19H15Cl2NO2. The van der Waals surface area contributed by atoms with E-state index in [2.05, 4.69) is 5.32 Å². The third-order valence-corrected chi connectivity index (χ3v) is 4.35. The first kappa shape index (κ1) is 16.6. The van der Waals surface area contributed by atoms with E-state index in [0.717, 1.165) is 10.8 Å². The Morgan fingerprint density at radius 2 is 1.75 bits per heavy atom. The van der Waals surface area contributed by atoms with Gasteiger partial charge in [-0.1, -0.05) is 59.6 Å². The SMILES string of the molecule is C[C@H](Oc1cccc2ccccc12)C(=O)Nc1ccc(Cl)c(Cl)c1. The van der Waals surface area contributed by atoms with Crippen LogP contribution in [0.2, 0.25) is 10.0 Å². The van der Waals surface area contributed by atoms with Crippen molar-refractivity contribution in [3.05, 3.63) is 70.7 Å². The predicted octanol–water partition coefficient (Wildman–Crippen LogP) is 5.55. The van der Waals surface area contributed by atoms with Crippen molar-refractivity contribution < 1.29 is 9.53 Å². The molecule has 0 fully saturated rings. The lowest BCUT2D eigenvalue weighted by Gasteiger charge is -2.16. The number of carbonyl (C=O) groups is 1. The first-order valence-electron chi connectivity index (χ1n) is 7.45. The molecule has 0 aliphatic heterocycles. The van der Waals surface area contributed by atoms with Crippen molar-refractivity contribution in [3.8, 4) is 5.75 Å². The van der Waals surface area contributed by atoms with Gasteiger partial charge in [-0.25, -0.2) is 0 Å². The number of amides is 1. The van der Waals surface area contributed by atoms with Crippen molar-refractivity contribution in [2.45, 2.75) is 13.0 Å². The average Bonchev–Trinajstić information content (AvgIpc) is 2.58. The largest absolute Gasteiger partial charge is 0.480 e. The van der Waals surface area contributed by atoms with Gasteiger partial charge in [-0.15, -0.1) is 0 Å². The number of ether oxygens (including phenoxy) is 1. The van der Waals surface area contributed by atoms with Gasteiger partial charge < -0.3 is 10.1 Å². The summed E-state index contributed by atoms with van der Waals surface area (Å²) in [5.74, 6) is 0.409. The van der Waals surface area contributed by atoms with Crippen LogP contribution in [0, 0.1) is 0 Å². The summed E-state index contributed by atoms with van der Waals surface area (Å²) >= 11 is 11.8. The highest BCUT2D eigenvalue weighted by Crippen LogP contribution is 2.27. The summed E-state index contributed by atoms with van der Waals surface area (Å²) in [4.78, 5) is 12.3. The normalized spacial score (nSPS) is 12.0. The van der Waals surface area contributed by atoms with E-state index in [9.17, 15) is 4.79 Å². The van der Waals surface area contributed by atoms with Crippen LogP contribution >= 0.6 is 23.2 Å². The zero-order valence-corrected chi connectivity index (χ0v) is 14.4. The summed E-state index contributed by atoms with van der Waals surface area (Å²) in [5, 5.41) is 5.63. The lowest BCUT2D eigenvalue weighted by molar-refractivity contribution is -0.122. The standard InChI is InChI=1S/C19H15Cl2NO2/c1-12(19(23)22-14-9-10-16(20)17(21)11-14)24-18-8-4-6-13-5-2-3-7-15(13)18/h2-12H,1H3,(H,22,23)/t12-/m0/s1. The minimum atomic E-state index is -0.662. The molecule has 0 saturated carbocycles. The van der Waals surface area contributed by atoms with Gasteiger partial charge in [-0.3, -0.25) is 4.79 Å². The summed E-state index contributed by atoms with van der Waals surface area (Å²) in [6.45, 7) is 1.70. The fourth-order valence-corrected chi connectivity index (χ4v) is 2.66. The lowest BCUT2D eigenvalue weighted by atomic mass is 10.1. The fraction of sp³-hybridized carbons (Fsp3) is 0.105. The van der Waals surface area contributed by atoms with Crippen LogP contribution in [-0.2, 0) is 4.79 Å². The highest BCUT2D eigenvalue weighted by Gasteiger charge is 2.16. The van der Waals surface area contributed by atoms with E-state index in [1.165, 1.54) is 0 Å². The number of nitrogens with one attached hydrogen (secondary N) is 1. The maximum absolute atomic E-state index is 12.3. The monoisotopic (exact) mass is 359 g/mol. The van der Waals surface area contributed by atoms with Crippen LogP contribution in [0.3, 0.4) is 0 Å². The topological polar surface area (TPSA) is 38.3 Å². The minimum absolute atomic E-state index is 0.263. The van der Waals surface area contributed by atoms with Crippen LogP contribution in [0.15, 0.2) is 60.7 Å². The molecule has 1 N–H and O–H groups in total. The molecule has 1 atom stereocenters. The Bertz CT molecular complexity index is 890. The number of benzene rings is 3. The van der Waals surface area contributed by atoms with E-state index in [1.54, 1.807) is 25.1 Å². The summed E-state index contributed by atoms with van der Waals surface area (Å²) < 4.78 is 5.84. The zero-order chi connectivity index (χ0) is 17.1. The van der Waals surface area contributed by atoms with Gasteiger partial charge in [0.05, 0.1) is 10.0 Å². The number of carbonyl (C=O) groups excluding carboxylic acids is 1. The van der Waals surface area contributed by atoms with Gasteiger partial charge in [0.25, 0.3) is 5.91 Å². The Morgan fingerprint density at radius 3 is 2.54 bits per heavy atom. The predicted molar refractivity (Wildman–Crippen MR) is 99.1 cm³/mol. The second-order valence-corrected chi connectivity index (χ2v) is 6.17. The lowest BCUT2D eigenvalue weighted by Crippen LogP contribution is -2.30. The molecule has 0 saturated heterocycles. The Labute approximate surface area is 150 Å². The van der Waals surface area contributed by atoms with Crippen LogP contribution in [0.5, 0.6) is 5.75 Å². The van der Waals surface area contributed by atoms with Gasteiger partial charge in [0.1, 0.15) is 5.75 Å². The molecule has 3 aromatic rings. The smallest absolute Gasteiger partial charge is 0.265 e. The third kappa shape index (κ3) is 3.64. The Morgan fingerprint density at radius 1 is 1.00 bits per heavy atom. The van der Waals surface area contributed by atoms with Crippen molar-refractivity contribution >= 4 is 45.6 Å². The summed E-state index contributed by atoms with van der Waals surface area (Å²) in [5.41, 5.74) is 0.572.